The maximum atomic E-state index is 13.3. The number of anilines is 1. The molecule has 3 amide bonds. The number of fused-ring (bicyclic) bond motifs is 1. The van der Waals surface area contributed by atoms with Gasteiger partial charge in [-0.15, -0.1) is 0 Å². The average Bonchev–Trinajstić information content (AvgIpc) is 3.06. The number of morpholine rings is 1. The Balaban J connectivity index is 1.17. The molecule has 3 aromatic rings. The van der Waals surface area contributed by atoms with Crippen LogP contribution in [0, 0.1) is 5.92 Å². The molecule has 0 bridgehead atoms. The van der Waals surface area contributed by atoms with Crippen LogP contribution in [-0.4, -0.2) is 94.5 Å². The van der Waals surface area contributed by atoms with Crippen molar-refractivity contribution in [2.45, 2.75) is 23.8 Å². The summed E-state index contributed by atoms with van der Waals surface area (Å²) in [5.74, 6) is -1.44. The number of hydrogen-bond donors (Lipinski definition) is 3. The van der Waals surface area contributed by atoms with Crippen molar-refractivity contribution in [1.29, 1.82) is 0 Å². The molecule has 0 radical (unpaired) electrons. The van der Waals surface area contributed by atoms with E-state index < -0.39 is 28.5 Å². The number of carbonyl (C=O) groups excluding carboxylic acids is 3. The monoisotopic (exact) mass is 608 g/mol. The van der Waals surface area contributed by atoms with Crippen LogP contribution < -0.4 is 20.3 Å². The number of benzene rings is 2. The van der Waals surface area contributed by atoms with Gasteiger partial charge < -0.3 is 25.2 Å². The van der Waals surface area contributed by atoms with Gasteiger partial charge in [-0.3, -0.25) is 19.4 Å². The minimum absolute atomic E-state index is 0.0298. The molecule has 2 aromatic carbocycles. The molecule has 5 rings (SSSR count). The maximum absolute atomic E-state index is 13.3. The minimum atomic E-state index is -3.99. The molecule has 3 heterocycles. The van der Waals surface area contributed by atoms with Crippen LogP contribution in [0.4, 0.5) is 5.69 Å². The predicted molar refractivity (Wildman–Crippen MR) is 161 cm³/mol. The van der Waals surface area contributed by atoms with Crippen LogP contribution in [0.3, 0.4) is 0 Å². The molecular weight excluding hydrogens is 572 g/mol. The first kappa shape index (κ1) is 30.4. The zero-order valence-electron chi connectivity index (χ0n) is 23.8. The molecule has 2 aliphatic rings. The largest absolute Gasteiger partial charge is 0.378 e. The van der Waals surface area contributed by atoms with E-state index in [4.69, 9.17) is 4.74 Å². The van der Waals surface area contributed by atoms with Crippen molar-refractivity contribution in [3.8, 4) is 0 Å². The summed E-state index contributed by atoms with van der Waals surface area (Å²) in [5, 5.41) is 7.12. The molecule has 2 aliphatic heterocycles. The van der Waals surface area contributed by atoms with Crippen LogP contribution in [0.1, 0.15) is 12.8 Å². The van der Waals surface area contributed by atoms with Crippen molar-refractivity contribution in [3.63, 3.8) is 0 Å². The molecule has 13 heteroatoms. The molecule has 12 nitrogen and oxygen atoms in total. The highest BCUT2D eigenvalue weighted by molar-refractivity contribution is 7.89. The second-order valence-electron chi connectivity index (χ2n) is 10.6. The summed E-state index contributed by atoms with van der Waals surface area (Å²) < 4.78 is 33.5. The first-order chi connectivity index (χ1) is 20.8. The van der Waals surface area contributed by atoms with E-state index in [0.29, 0.717) is 52.2 Å². The lowest BCUT2D eigenvalue weighted by Crippen LogP contribution is -2.57. The number of piperidine rings is 1. The first-order valence-corrected chi connectivity index (χ1v) is 15.9. The minimum Gasteiger partial charge on any atom is -0.378 e. The van der Waals surface area contributed by atoms with E-state index in [9.17, 15) is 22.8 Å². The number of amides is 3. The summed E-state index contributed by atoms with van der Waals surface area (Å²) in [6, 6.07) is 14.9. The van der Waals surface area contributed by atoms with Crippen LogP contribution >= 0.6 is 0 Å². The third-order valence-electron chi connectivity index (χ3n) is 7.78. The molecule has 1 unspecified atom stereocenters. The van der Waals surface area contributed by atoms with Crippen molar-refractivity contribution in [3.05, 3.63) is 67.0 Å². The van der Waals surface area contributed by atoms with E-state index in [2.05, 4.69) is 25.2 Å². The Bertz CT molecular complexity index is 1540. The summed E-state index contributed by atoms with van der Waals surface area (Å²) >= 11 is 0. The second kappa shape index (κ2) is 13.9. The Labute approximate surface area is 250 Å². The van der Waals surface area contributed by atoms with Crippen molar-refractivity contribution < 1.29 is 27.5 Å². The van der Waals surface area contributed by atoms with E-state index in [1.807, 2.05) is 36.4 Å². The van der Waals surface area contributed by atoms with Gasteiger partial charge >= 0.3 is 0 Å². The van der Waals surface area contributed by atoms with Gasteiger partial charge in [0, 0.05) is 56.7 Å². The van der Waals surface area contributed by atoms with E-state index in [1.54, 1.807) is 23.4 Å². The number of rotatable bonds is 10. The van der Waals surface area contributed by atoms with Gasteiger partial charge in [0.1, 0.15) is 6.04 Å². The summed E-state index contributed by atoms with van der Waals surface area (Å²) in [4.78, 5) is 47.1. The molecule has 228 valence electrons. The Hall–Kier alpha value is -4.07. The van der Waals surface area contributed by atoms with Crippen LogP contribution in [0.25, 0.3) is 10.8 Å². The lowest BCUT2D eigenvalue weighted by molar-refractivity contribution is -0.140. The number of ether oxygens (including phenoxy) is 1. The number of pyridine rings is 1. The summed E-state index contributed by atoms with van der Waals surface area (Å²) in [6.07, 6.45) is 4.78. The smallest absolute Gasteiger partial charge is 0.247 e. The highest BCUT2D eigenvalue weighted by Gasteiger charge is 2.30. The molecule has 0 saturated carbocycles. The molecule has 1 atom stereocenters. The van der Waals surface area contributed by atoms with E-state index in [-0.39, 0.29) is 29.2 Å². The summed E-state index contributed by atoms with van der Waals surface area (Å²) in [7, 11) is -3.99. The van der Waals surface area contributed by atoms with E-state index in [1.165, 1.54) is 12.1 Å². The highest BCUT2D eigenvalue weighted by Crippen LogP contribution is 2.23. The van der Waals surface area contributed by atoms with Gasteiger partial charge in [0.05, 0.1) is 24.7 Å². The Kier molecular flexibility index (Phi) is 9.85. The normalized spacial score (nSPS) is 16.9. The van der Waals surface area contributed by atoms with Gasteiger partial charge in [-0.2, -0.15) is 0 Å². The van der Waals surface area contributed by atoms with E-state index in [0.717, 1.165) is 16.5 Å². The zero-order chi connectivity index (χ0) is 30.2. The fourth-order valence-electron chi connectivity index (χ4n) is 5.33. The maximum Gasteiger partial charge on any atom is 0.247 e. The van der Waals surface area contributed by atoms with Gasteiger partial charge in [-0.25, -0.2) is 13.1 Å². The second-order valence-corrected chi connectivity index (χ2v) is 12.4. The van der Waals surface area contributed by atoms with Crippen LogP contribution in [0.5, 0.6) is 0 Å². The van der Waals surface area contributed by atoms with Gasteiger partial charge in [-0.05, 0) is 47.9 Å². The third-order valence-corrected chi connectivity index (χ3v) is 9.18. The van der Waals surface area contributed by atoms with Gasteiger partial charge in [0.25, 0.3) is 0 Å². The van der Waals surface area contributed by atoms with Crippen molar-refractivity contribution >= 4 is 44.2 Å². The Morgan fingerprint density at radius 2 is 1.63 bits per heavy atom. The fraction of sp³-hybridized carbons (Fsp3) is 0.400. The molecule has 0 aliphatic carbocycles. The molecule has 0 spiro atoms. The number of hydrogen-bond acceptors (Lipinski definition) is 8. The topological polar surface area (TPSA) is 150 Å². The van der Waals surface area contributed by atoms with Crippen molar-refractivity contribution in [1.82, 2.24) is 25.2 Å². The molecule has 2 saturated heterocycles. The van der Waals surface area contributed by atoms with Crippen LogP contribution in [0.15, 0.2) is 71.9 Å². The van der Waals surface area contributed by atoms with Crippen molar-refractivity contribution in [2.75, 3.05) is 57.4 Å². The third kappa shape index (κ3) is 7.86. The Morgan fingerprint density at radius 1 is 0.930 bits per heavy atom. The predicted octanol–water partition coefficient (Wildman–Crippen LogP) is 0.890. The summed E-state index contributed by atoms with van der Waals surface area (Å²) in [5.41, 5.74) is 1.06. The number of carbonyl (C=O) groups is 3. The highest BCUT2D eigenvalue weighted by atomic mass is 32.2. The SMILES string of the molecule is O=C(CNS(=O)(=O)c1ccc2ccccc2c1)NC(CNC(=O)C1CCN(c2ccncc2)CC1)C(=O)N1CCOCC1. The zero-order valence-corrected chi connectivity index (χ0v) is 24.6. The first-order valence-electron chi connectivity index (χ1n) is 14.4. The molecule has 43 heavy (non-hydrogen) atoms. The van der Waals surface area contributed by atoms with Gasteiger partial charge in [0.15, 0.2) is 0 Å². The Morgan fingerprint density at radius 3 is 2.35 bits per heavy atom. The molecule has 2 fully saturated rings. The molecular formula is C30H36N6O6S. The fourth-order valence-corrected chi connectivity index (χ4v) is 6.35. The number of sulfonamides is 1. The lowest BCUT2D eigenvalue weighted by Gasteiger charge is -2.33. The number of nitrogens with zero attached hydrogens (tertiary/aromatic N) is 3. The summed E-state index contributed by atoms with van der Waals surface area (Å²) in [6.45, 7) is 2.23. The molecule has 3 N–H and O–H groups in total. The van der Waals surface area contributed by atoms with Crippen LogP contribution in [0.2, 0.25) is 0 Å². The quantitative estimate of drug-likeness (QED) is 0.307. The van der Waals surface area contributed by atoms with Crippen molar-refractivity contribution in [2.24, 2.45) is 5.92 Å². The lowest BCUT2D eigenvalue weighted by atomic mass is 9.95. The number of aromatic nitrogens is 1. The van der Waals surface area contributed by atoms with Gasteiger partial charge in [0.2, 0.25) is 27.7 Å². The average molecular weight is 609 g/mol. The van der Waals surface area contributed by atoms with Gasteiger partial charge in [-0.1, -0.05) is 30.3 Å². The van der Waals surface area contributed by atoms with E-state index >= 15 is 0 Å². The number of nitrogens with one attached hydrogen (secondary N) is 3. The molecule has 1 aromatic heterocycles. The van der Waals surface area contributed by atoms with Crippen LogP contribution in [-0.2, 0) is 29.1 Å². The standard InChI is InChI=1S/C30H36N6O6S/c37-28(21-33-43(40,41)26-6-5-22-3-1-2-4-24(22)19-26)34-27(30(39)36-15-17-42-18-16-36)20-32-29(38)23-9-13-35(14-10-23)25-7-11-31-12-8-25/h1-8,11-12,19,23,27,33H,9-10,13-18,20-21H2,(H,32,38)(H,34,37).